The number of hydrogen-bond donors (Lipinski definition) is 1. The Kier molecular flexibility index (Phi) is 5.06. The highest BCUT2D eigenvalue weighted by molar-refractivity contribution is 5.86. The van der Waals surface area contributed by atoms with E-state index >= 15 is 0 Å². The first-order valence-electron chi connectivity index (χ1n) is 5.50. The van der Waals surface area contributed by atoms with Gasteiger partial charge >= 0.3 is 12.3 Å². The number of aryl methyl sites for hydroxylation is 1. The van der Waals surface area contributed by atoms with Gasteiger partial charge in [0.2, 0.25) is 0 Å². The molecule has 20 heavy (non-hydrogen) atoms. The average Bonchev–Trinajstić information content (AvgIpc) is 2.37. The summed E-state index contributed by atoms with van der Waals surface area (Å²) in [4.78, 5) is 11.3. The molecule has 1 rings (SSSR count). The van der Waals surface area contributed by atoms with Crippen molar-refractivity contribution < 1.29 is 32.2 Å². The van der Waals surface area contributed by atoms with Crippen LogP contribution in [0.15, 0.2) is 12.1 Å². The van der Waals surface area contributed by atoms with E-state index in [2.05, 4.69) is 10.1 Å². The van der Waals surface area contributed by atoms with Crippen LogP contribution in [0.1, 0.15) is 5.56 Å². The maximum atomic E-state index is 11.9. The molecular formula is C12H14F3NO4. The molecule has 0 saturated heterocycles. The molecule has 1 amide bonds. The van der Waals surface area contributed by atoms with Gasteiger partial charge < -0.3 is 14.2 Å². The van der Waals surface area contributed by atoms with Crippen molar-refractivity contribution in [3.63, 3.8) is 0 Å². The van der Waals surface area contributed by atoms with Crippen LogP contribution in [0.3, 0.4) is 0 Å². The largest absolute Gasteiger partial charge is 0.493 e. The van der Waals surface area contributed by atoms with E-state index < -0.39 is 18.9 Å². The minimum absolute atomic E-state index is 0.273. The predicted molar refractivity (Wildman–Crippen MR) is 65.3 cm³/mol. The Morgan fingerprint density at radius 2 is 1.75 bits per heavy atom. The third-order valence-corrected chi connectivity index (χ3v) is 2.33. The van der Waals surface area contributed by atoms with Gasteiger partial charge in [-0.25, -0.2) is 4.79 Å². The number of amides is 1. The van der Waals surface area contributed by atoms with Gasteiger partial charge in [0, 0.05) is 6.07 Å². The van der Waals surface area contributed by atoms with Crippen LogP contribution in [0.4, 0.5) is 23.7 Å². The van der Waals surface area contributed by atoms with Gasteiger partial charge in [-0.2, -0.15) is 13.2 Å². The Morgan fingerprint density at radius 1 is 1.20 bits per heavy atom. The molecule has 1 aromatic rings. The minimum Gasteiger partial charge on any atom is -0.493 e. The van der Waals surface area contributed by atoms with E-state index in [1.165, 1.54) is 20.3 Å². The van der Waals surface area contributed by atoms with Gasteiger partial charge in [-0.1, -0.05) is 0 Å². The molecule has 8 heteroatoms. The SMILES string of the molecule is COc1cc(C)c(NC(=O)OCC(F)(F)F)cc1OC. The number of benzene rings is 1. The third kappa shape index (κ3) is 4.52. The Bertz CT molecular complexity index is 488. The zero-order chi connectivity index (χ0) is 15.3. The number of ether oxygens (including phenoxy) is 3. The van der Waals surface area contributed by atoms with Crippen molar-refractivity contribution in [1.82, 2.24) is 0 Å². The summed E-state index contributed by atoms with van der Waals surface area (Å²) in [7, 11) is 2.85. The maximum absolute atomic E-state index is 11.9. The van der Waals surface area contributed by atoms with Crippen LogP contribution in [0.2, 0.25) is 0 Å². The molecule has 0 radical (unpaired) electrons. The van der Waals surface area contributed by atoms with Crippen LogP contribution in [0.5, 0.6) is 11.5 Å². The van der Waals surface area contributed by atoms with Crippen molar-refractivity contribution in [2.24, 2.45) is 0 Å². The lowest BCUT2D eigenvalue weighted by atomic mass is 10.2. The fourth-order valence-electron chi connectivity index (χ4n) is 1.41. The number of hydrogen-bond acceptors (Lipinski definition) is 4. The molecule has 5 nitrogen and oxygen atoms in total. The molecule has 1 aromatic carbocycles. The molecule has 0 aliphatic rings. The van der Waals surface area contributed by atoms with E-state index in [1.807, 2.05) is 0 Å². The summed E-state index contributed by atoms with van der Waals surface area (Å²) >= 11 is 0. The summed E-state index contributed by atoms with van der Waals surface area (Å²) in [5, 5.41) is 2.21. The third-order valence-electron chi connectivity index (χ3n) is 2.33. The number of carbonyl (C=O) groups excluding carboxylic acids is 1. The van der Waals surface area contributed by atoms with E-state index in [4.69, 9.17) is 9.47 Å². The minimum atomic E-state index is -4.57. The lowest BCUT2D eigenvalue weighted by molar-refractivity contribution is -0.159. The summed E-state index contributed by atoms with van der Waals surface area (Å²) in [6, 6.07) is 3.02. The van der Waals surface area contributed by atoms with Crippen molar-refractivity contribution in [3.05, 3.63) is 17.7 Å². The molecule has 0 unspecified atom stereocenters. The zero-order valence-electron chi connectivity index (χ0n) is 11.1. The van der Waals surface area contributed by atoms with Crippen molar-refractivity contribution >= 4 is 11.8 Å². The highest BCUT2D eigenvalue weighted by Gasteiger charge is 2.29. The van der Waals surface area contributed by atoms with Gasteiger partial charge in [0.15, 0.2) is 18.1 Å². The lowest BCUT2D eigenvalue weighted by Gasteiger charge is -2.14. The van der Waals surface area contributed by atoms with Crippen molar-refractivity contribution in [3.8, 4) is 11.5 Å². The second kappa shape index (κ2) is 6.36. The summed E-state index contributed by atoms with van der Waals surface area (Å²) in [6.07, 6.45) is -5.76. The van der Waals surface area contributed by atoms with Crippen LogP contribution >= 0.6 is 0 Å². The quantitative estimate of drug-likeness (QED) is 0.926. The van der Waals surface area contributed by atoms with Crippen LogP contribution < -0.4 is 14.8 Å². The van der Waals surface area contributed by atoms with Crippen LogP contribution in [-0.4, -0.2) is 33.1 Å². The van der Waals surface area contributed by atoms with Crippen molar-refractivity contribution in [1.29, 1.82) is 0 Å². The van der Waals surface area contributed by atoms with Gasteiger partial charge in [-0.05, 0) is 18.6 Å². The van der Waals surface area contributed by atoms with E-state index in [-0.39, 0.29) is 5.69 Å². The van der Waals surface area contributed by atoms with E-state index in [1.54, 1.807) is 13.0 Å². The lowest BCUT2D eigenvalue weighted by Crippen LogP contribution is -2.23. The van der Waals surface area contributed by atoms with Gasteiger partial charge in [-0.3, -0.25) is 5.32 Å². The highest BCUT2D eigenvalue weighted by atomic mass is 19.4. The molecule has 0 spiro atoms. The summed E-state index contributed by atoms with van der Waals surface area (Å²) in [6.45, 7) is 0.00645. The second-order valence-corrected chi connectivity index (χ2v) is 3.84. The number of anilines is 1. The van der Waals surface area contributed by atoms with E-state index in [9.17, 15) is 18.0 Å². The molecule has 0 bridgehead atoms. The summed E-state index contributed by atoms with van der Waals surface area (Å²) in [5.74, 6) is 0.781. The second-order valence-electron chi connectivity index (χ2n) is 3.84. The van der Waals surface area contributed by atoms with Crippen molar-refractivity contribution in [2.45, 2.75) is 13.1 Å². The van der Waals surface area contributed by atoms with Crippen LogP contribution in [0.25, 0.3) is 0 Å². The van der Waals surface area contributed by atoms with Gasteiger partial charge in [0.25, 0.3) is 0 Å². The standard InChI is InChI=1S/C12H14F3NO4/c1-7-4-9(18-2)10(19-3)5-8(7)16-11(17)20-6-12(13,14)15/h4-5H,6H2,1-3H3,(H,16,17). The molecule has 0 aliphatic carbocycles. The molecule has 0 aliphatic heterocycles. The highest BCUT2D eigenvalue weighted by Crippen LogP contribution is 2.32. The molecule has 0 aromatic heterocycles. The first-order chi connectivity index (χ1) is 9.26. The van der Waals surface area contributed by atoms with Gasteiger partial charge in [0.1, 0.15) is 0 Å². The van der Waals surface area contributed by atoms with E-state index in [0.717, 1.165) is 0 Å². The fourth-order valence-corrected chi connectivity index (χ4v) is 1.41. The van der Waals surface area contributed by atoms with Crippen LogP contribution in [0, 0.1) is 6.92 Å². The summed E-state index contributed by atoms with van der Waals surface area (Å²) < 4.78 is 49.9. The molecular weight excluding hydrogens is 279 g/mol. The predicted octanol–water partition coefficient (Wildman–Crippen LogP) is 3.12. The number of carbonyl (C=O) groups is 1. The Hall–Kier alpha value is -2.12. The first-order valence-corrected chi connectivity index (χ1v) is 5.50. The number of rotatable bonds is 4. The first kappa shape index (κ1) is 15.9. The summed E-state index contributed by atoms with van der Waals surface area (Å²) in [5.41, 5.74) is 0.862. The topological polar surface area (TPSA) is 56.8 Å². The average molecular weight is 293 g/mol. The normalized spacial score (nSPS) is 10.9. The number of nitrogens with one attached hydrogen (secondary N) is 1. The molecule has 1 N–H and O–H groups in total. The zero-order valence-corrected chi connectivity index (χ0v) is 11.1. The van der Waals surface area contributed by atoms with E-state index in [0.29, 0.717) is 17.1 Å². The Labute approximate surface area is 113 Å². The maximum Gasteiger partial charge on any atom is 0.422 e. The monoisotopic (exact) mass is 293 g/mol. The molecule has 0 saturated carbocycles. The van der Waals surface area contributed by atoms with Crippen LogP contribution in [-0.2, 0) is 4.74 Å². The number of halogens is 3. The number of methoxy groups -OCH3 is 2. The van der Waals surface area contributed by atoms with Gasteiger partial charge in [0.05, 0.1) is 19.9 Å². The fraction of sp³-hybridized carbons (Fsp3) is 0.417. The molecule has 0 fully saturated rings. The van der Waals surface area contributed by atoms with Gasteiger partial charge in [-0.15, -0.1) is 0 Å². The molecule has 0 atom stereocenters. The Balaban J connectivity index is 2.79. The molecule has 0 heterocycles. The Morgan fingerprint density at radius 3 is 2.25 bits per heavy atom. The smallest absolute Gasteiger partial charge is 0.422 e. The van der Waals surface area contributed by atoms with Crippen molar-refractivity contribution in [2.75, 3.05) is 26.1 Å². The molecule has 112 valence electrons. The number of alkyl halides is 3.